The first kappa shape index (κ1) is 23.1. The molecule has 0 bridgehead atoms. The largest absolute Gasteiger partial charge is 0.492 e. The molecule has 172 valence electrons. The van der Waals surface area contributed by atoms with Gasteiger partial charge in [0.2, 0.25) is 0 Å². The van der Waals surface area contributed by atoms with Crippen LogP contribution >= 0.6 is 0 Å². The maximum Gasteiger partial charge on any atom is 0.119 e. The number of allylic oxidation sites excluding steroid dienone is 1. The van der Waals surface area contributed by atoms with E-state index in [1.807, 2.05) is 30.3 Å². The third-order valence-electron chi connectivity index (χ3n) is 6.66. The van der Waals surface area contributed by atoms with E-state index in [9.17, 15) is 0 Å². The standard InChI is InChI=1S/C30H36N2O/c1-3-25-11-10-14-28(23-25)30(27-12-6-4-7-13-27)31-24(2)26-17-19-32(20-18-26)21-22-33-29-15-8-5-9-16-29/h4-16,23,26,30-31H,2-3,17-22H2,1H3. The molecule has 3 aromatic carbocycles. The van der Waals surface area contributed by atoms with Crippen molar-refractivity contribution in [2.45, 2.75) is 32.2 Å². The molecule has 0 aliphatic carbocycles. The summed E-state index contributed by atoms with van der Waals surface area (Å²) in [6.45, 7) is 10.6. The smallest absolute Gasteiger partial charge is 0.119 e. The van der Waals surface area contributed by atoms with Gasteiger partial charge in [0, 0.05) is 18.2 Å². The van der Waals surface area contributed by atoms with Gasteiger partial charge >= 0.3 is 0 Å². The van der Waals surface area contributed by atoms with Crippen LogP contribution in [0.25, 0.3) is 0 Å². The number of hydrogen-bond acceptors (Lipinski definition) is 3. The third-order valence-corrected chi connectivity index (χ3v) is 6.66. The number of likely N-dealkylation sites (tertiary alicyclic amines) is 1. The maximum atomic E-state index is 5.88. The lowest BCUT2D eigenvalue weighted by Crippen LogP contribution is -2.38. The van der Waals surface area contributed by atoms with Gasteiger partial charge in [-0.05, 0) is 61.2 Å². The molecule has 0 saturated carbocycles. The van der Waals surface area contributed by atoms with E-state index >= 15 is 0 Å². The second-order valence-corrected chi connectivity index (χ2v) is 8.89. The van der Waals surface area contributed by atoms with Crippen molar-refractivity contribution in [1.82, 2.24) is 10.2 Å². The van der Waals surface area contributed by atoms with Gasteiger partial charge < -0.3 is 10.1 Å². The topological polar surface area (TPSA) is 24.5 Å². The fourth-order valence-corrected chi connectivity index (χ4v) is 4.61. The SMILES string of the molecule is C=C(NC(c1ccccc1)c1cccc(CC)c1)C1CCN(CCOc2ccccc2)CC1. The van der Waals surface area contributed by atoms with Gasteiger partial charge in [-0.25, -0.2) is 0 Å². The van der Waals surface area contributed by atoms with Crippen LogP contribution in [0.5, 0.6) is 5.75 Å². The summed E-state index contributed by atoms with van der Waals surface area (Å²) in [6.07, 6.45) is 3.31. The minimum Gasteiger partial charge on any atom is -0.492 e. The number of ether oxygens (including phenoxy) is 1. The van der Waals surface area contributed by atoms with E-state index in [1.54, 1.807) is 0 Å². The van der Waals surface area contributed by atoms with E-state index in [-0.39, 0.29) is 6.04 Å². The summed E-state index contributed by atoms with van der Waals surface area (Å²) in [5, 5.41) is 3.81. The number of hydrogen-bond donors (Lipinski definition) is 1. The zero-order chi connectivity index (χ0) is 22.9. The van der Waals surface area contributed by atoms with Crippen molar-refractivity contribution in [1.29, 1.82) is 0 Å². The molecule has 3 nitrogen and oxygen atoms in total. The number of rotatable bonds is 10. The monoisotopic (exact) mass is 440 g/mol. The highest BCUT2D eigenvalue weighted by atomic mass is 16.5. The van der Waals surface area contributed by atoms with Crippen LogP contribution in [0.4, 0.5) is 0 Å². The van der Waals surface area contributed by atoms with E-state index < -0.39 is 0 Å². The molecule has 3 aromatic rings. The van der Waals surface area contributed by atoms with Gasteiger partial charge in [0.25, 0.3) is 0 Å². The molecule has 0 amide bonds. The first-order valence-electron chi connectivity index (χ1n) is 12.2. The van der Waals surface area contributed by atoms with E-state index in [1.165, 1.54) is 16.7 Å². The van der Waals surface area contributed by atoms with E-state index in [2.05, 4.69) is 78.3 Å². The molecule has 0 aromatic heterocycles. The molecular formula is C30H36N2O. The van der Waals surface area contributed by atoms with Crippen LogP contribution in [0.3, 0.4) is 0 Å². The molecule has 1 aliphatic heterocycles. The van der Waals surface area contributed by atoms with Crippen molar-refractivity contribution < 1.29 is 4.74 Å². The maximum absolute atomic E-state index is 5.88. The zero-order valence-electron chi connectivity index (χ0n) is 19.7. The molecule has 3 heteroatoms. The second kappa shape index (κ2) is 11.7. The second-order valence-electron chi connectivity index (χ2n) is 8.89. The fraction of sp³-hybridized carbons (Fsp3) is 0.333. The van der Waals surface area contributed by atoms with Crippen LogP contribution < -0.4 is 10.1 Å². The lowest BCUT2D eigenvalue weighted by atomic mass is 9.91. The summed E-state index contributed by atoms with van der Waals surface area (Å²) in [4.78, 5) is 2.51. The van der Waals surface area contributed by atoms with Crippen LogP contribution in [0.2, 0.25) is 0 Å². The third kappa shape index (κ3) is 6.49. The predicted molar refractivity (Wildman–Crippen MR) is 137 cm³/mol. The van der Waals surface area contributed by atoms with Crippen molar-refractivity contribution in [3.8, 4) is 5.75 Å². The number of benzene rings is 3. The Bertz CT molecular complexity index is 994. The summed E-state index contributed by atoms with van der Waals surface area (Å²) in [5.74, 6) is 1.45. The van der Waals surface area contributed by atoms with E-state index in [4.69, 9.17) is 4.74 Å². The molecule has 1 N–H and O–H groups in total. The molecule has 0 spiro atoms. The molecule has 0 radical (unpaired) electrons. The quantitative estimate of drug-likeness (QED) is 0.404. The molecule has 4 rings (SSSR count). The van der Waals surface area contributed by atoms with Gasteiger partial charge in [-0.2, -0.15) is 0 Å². The Morgan fingerprint density at radius 3 is 2.30 bits per heavy atom. The van der Waals surface area contributed by atoms with Gasteiger partial charge in [-0.3, -0.25) is 4.90 Å². The van der Waals surface area contributed by atoms with Crippen LogP contribution in [-0.4, -0.2) is 31.1 Å². The number of aryl methyl sites for hydroxylation is 1. The Morgan fingerprint density at radius 1 is 0.939 bits per heavy atom. The minimum absolute atomic E-state index is 0.127. The highest BCUT2D eigenvalue weighted by molar-refractivity contribution is 5.35. The van der Waals surface area contributed by atoms with Crippen molar-refractivity contribution in [3.63, 3.8) is 0 Å². The predicted octanol–water partition coefficient (Wildman–Crippen LogP) is 6.23. The highest BCUT2D eigenvalue weighted by Gasteiger charge is 2.24. The lowest BCUT2D eigenvalue weighted by Gasteiger charge is -2.34. The minimum atomic E-state index is 0.127. The van der Waals surface area contributed by atoms with Crippen molar-refractivity contribution in [3.05, 3.63) is 114 Å². The Kier molecular flexibility index (Phi) is 8.21. The Hall–Kier alpha value is -3.04. The average molecular weight is 441 g/mol. The van der Waals surface area contributed by atoms with Crippen LogP contribution in [0.15, 0.2) is 97.2 Å². The summed E-state index contributed by atoms with van der Waals surface area (Å²) < 4.78 is 5.88. The number of para-hydroxylation sites is 1. The Labute approximate surface area is 199 Å². The van der Waals surface area contributed by atoms with Crippen molar-refractivity contribution >= 4 is 0 Å². The van der Waals surface area contributed by atoms with Crippen LogP contribution in [-0.2, 0) is 6.42 Å². The zero-order valence-corrected chi connectivity index (χ0v) is 19.7. The Morgan fingerprint density at radius 2 is 1.61 bits per heavy atom. The summed E-state index contributed by atoms with van der Waals surface area (Å²) in [5.41, 5.74) is 5.11. The molecule has 33 heavy (non-hydrogen) atoms. The van der Waals surface area contributed by atoms with Crippen LogP contribution in [0, 0.1) is 5.92 Å². The summed E-state index contributed by atoms with van der Waals surface area (Å²) in [7, 11) is 0. The van der Waals surface area contributed by atoms with E-state index in [0.29, 0.717) is 5.92 Å². The highest BCUT2D eigenvalue weighted by Crippen LogP contribution is 2.28. The number of nitrogens with zero attached hydrogens (tertiary/aromatic N) is 1. The first-order valence-corrected chi connectivity index (χ1v) is 12.2. The van der Waals surface area contributed by atoms with Gasteiger partial charge in [-0.15, -0.1) is 0 Å². The van der Waals surface area contributed by atoms with Crippen molar-refractivity contribution in [2.75, 3.05) is 26.2 Å². The van der Waals surface area contributed by atoms with Gasteiger partial charge in [0.05, 0.1) is 6.04 Å². The molecule has 1 fully saturated rings. The molecule has 1 saturated heterocycles. The summed E-state index contributed by atoms with van der Waals surface area (Å²) >= 11 is 0. The average Bonchev–Trinajstić information content (AvgIpc) is 2.88. The van der Waals surface area contributed by atoms with Gasteiger partial charge in [-0.1, -0.05) is 86.3 Å². The lowest BCUT2D eigenvalue weighted by molar-refractivity contribution is 0.162. The molecule has 1 aliphatic rings. The summed E-state index contributed by atoms with van der Waals surface area (Å²) in [6, 6.07) is 29.9. The van der Waals surface area contributed by atoms with Gasteiger partial charge in [0.1, 0.15) is 12.4 Å². The van der Waals surface area contributed by atoms with Crippen molar-refractivity contribution in [2.24, 2.45) is 5.92 Å². The number of piperidine rings is 1. The Balaban J connectivity index is 1.33. The number of nitrogens with one attached hydrogen (secondary N) is 1. The normalized spacial score (nSPS) is 15.7. The molecule has 1 atom stereocenters. The molecular weight excluding hydrogens is 404 g/mol. The van der Waals surface area contributed by atoms with Gasteiger partial charge in [0.15, 0.2) is 0 Å². The molecule has 1 heterocycles. The van der Waals surface area contributed by atoms with E-state index in [0.717, 1.165) is 57.0 Å². The molecule has 1 unspecified atom stereocenters. The first-order chi connectivity index (χ1) is 16.2. The van der Waals surface area contributed by atoms with Crippen LogP contribution in [0.1, 0.15) is 42.5 Å². The fourth-order valence-electron chi connectivity index (χ4n) is 4.61.